The fraction of sp³-hybridized carbons (Fsp3) is 0. The Kier molecular flexibility index (Phi) is 3.01. The molecule has 0 fully saturated rings. The molecule has 0 radical (unpaired) electrons. The zero-order valence-corrected chi connectivity index (χ0v) is 12.1. The second-order valence-corrected chi connectivity index (χ2v) is 7.17. The molecule has 7 heteroatoms. The molecule has 3 rings (SSSR count). The number of hydrogen-bond donors (Lipinski definition) is 0. The first-order valence-electron chi connectivity index (χ1n) is 5.47. The van der Waals surface area contributed by atoms with E-state index in [1.165, 1.54) is 24.3 Å². The van der Waals surface area contributed by atoms with Crippen LogP contribution in [0.3, 0.4) is 0 Å². The monoisotopic (exact) mass is 328 g/mol. The topological polar surface area (TPSA) is 64.3 Å². The first kappa shape index (κ1) is 13.4. The smallest absolute Gasteiger partial charge is 0.261 e. The molecule has 0 saturated heterocycles. The Morgan fingerprint density at radius 3 is 2.20 bits per heavy atom. The van der Waals surface area contributed by atoms with Gasteiger partial charge in [-0.25, -0.2) is 8.42 Å². The third kappa shape index (κ3) is 2.18. The molecule has 0 atom stereocenters. The van der Waals surface area contributed by atoms with Crippen molar-refractivity contribution in [2.45, 2.75) is 4.90 Å². The van der Waals surface area contributed by atoms with Crippen LogP contribution in [-0.4, -0.2) is 8.42 Å². The SMILES string of the molecule is O=c1c2cc(Cl)ccc2oc2ccc(S(=O)(=O)Cl)cc12. The summed E-state index contributed by atoms with van der Waals surface area (Å²) < 4.78 is 28.2. The lowest BCUT2D eigenvalue weighted by atomic mass is 10.1. The van der Waals surface area contributed by atoms with Gasteiger partial charge in [0.05, 0.1) is 15.7 Å². The van der Waals surface area contributed by atoms with Gasteiger partial charge >= 0.3 is 0 Å². The van der Waals surface area contributed by atoms with Gasteiger partial charge in [0.1, 0.15) is 11.2 Å². The van der Waals surface area contributed by atoms with Crippen LogP contribution in [0.2, 0.25) is 5.02 Å². The van der Waals surface area contributed by atoms with E-state index in [4.69, 9.17) is 26.7 Å². The van der Waals surface area contributed by atoms with Crippen LogP contribution in [0.15, 0.2) is 50.5 Å². The van der Waals surface area contributed by atoms with Gasteiger partial charge in [-0.3, -0.25) is 4.79 Å². The molecule has 3 aromatic rings. The van der Waals surface area contributed by atoms with Crippen LogP contribution < -0.4 is 5.43 Å². The second kappa shape index (κ2) is 4.48. The summed E-state index contributed by atoms with van der Waals surface area (Å²) in [4.78, 5) is 12.2. The Morgan fingerprint density at radius 1 is 0.950 bits per heavy atom. The van der Waals surface area contributed by atoms with Crippen molar-refractivity contribution in [2.24, 2.45) is 0 Å². The fourth-order valence-corrected chi connectivity index (χ4v) is 2.91. The molecule has 0 bridgehead atoms. The number of hydrogen-bond acceptors (Lipinski definition) is 4. The van der Waals surface area contributed by atoms with Crippen molar-refractivity contribution in [1.29, 1.82) is 0 Å². The van der Waals surface area contributed by atoms with E-state index < -0.39 is 9.05 Å². The lowest BCUT2D eigenvalue weighted by Crippen LogP contribution is -2.03. The lowest BCUT2D eigenvalue weighted by molar-refractivity contribution is 0.609. The zero-order valence-electron chi connectivity index (χ0n) is 9.76. The quantitative estimate of drug-likeness (QED) is 0.506. The van der Waals surface area contributed by atoms with Crippen LogP contribution >= 0.6 is 22.3 Å². The average molecular weight is 329 g/mol. The number of rotatable bonds is 1. The van der Waals surface area contributed by atoms with Crippen molar-refractivity contribution >= 4 is 53.3 Å². The highest BCUT2D eigenvalue weighted by Crippen LogP contribution is 2.24. The summed E-state index contributed by atoms with van der Waals surface area (Å²) >= 11 is 5.85. The van der Waals surface area contributed by atoms with Gasteiger partial charge in [-0.15, -0.1) is 0 Å². The normalized spacial score (nSPS) is 12.1. The zero-order chi connectivity index (χ0) is 14.5. The summed E-state index contributed by atoms with van der Waals surface area (Å²) in [7, 11) is 1.37. The predicted molar refractivity (Wildman–Crippen MR) is 78.0 cm³/mol. The number of fused-ring (bicyclic) bond motifs is 2. The molecule has 0 aliphatic heterocycles. The summed E-state index contributed by atoms with van der Waals surface area (Å²) in [6.07, 6.45) is 0. The highest BCUT2D eigenvalue weighted by Gasteiger charge is 2.14. The Morgan fingerprint density at radius 2 is 1.55 bits per heavy atom. The van der Waals surface area contributed by atoms with Crippen LogP contribution in [0.25, 0.3) is 21.9 Å². The summed E-state index contributed by atoms with van der Waals surface area (Å²) in [5.41, 5.74) is 0.313. The molecule has 0 saturated carbocycles. The molecule has 4 nitrogen and oxygen atoms in total. The van der Waals surface area contributed by atoms with Gasteiger partial charge < -0.3 is 4.42 Å². The van der Waals surface area contributed by atoms with Gasteiger partial charge in [0.25, 0.3) is 9.05 Å². The van der Waals surface area contributed by atoms with Gasteiger partial charge in [0.2, 0.25) is 5.43 Å². The maximum Gasteiger partial charge on any atom is 0.261 e. The van der Waals surface area contributed by atoms with Gasteiger partial charge in [-0.1, -0.05) is 11.6 Å². The van der Waals surface area contributed by atoms with E-state index in [1.54, 1.807) is 12.1 Å². The van der Waals surface area contributed by atoms with Gasteiger partial charge in [0, 0.05) is 15.7 Å². The minimum absolute atomic E-state index is 0.140. The first-order valence-corrected chi connectivity index (χ1v) is 8.16. The van der Waals surface area contributed by atoms with Crippen LogP contribution in [0.1, 0.15) is 0 Å². The van der Waals surface area contributed by atoms with Gasteiger partial charge in [-0.05, 0) is 36.4 Å². The van der Waals surface area contributed by atoms with Gasteiger partial charge in [-0.2, -0.15) is 0 Å². The van der Waals surface area contributed by atoms with Crippen molar-refractivity contribution in [1.82, 2.24) is 0 Å². The van der Waals surface area contributed by atoms with E-state index in [1.807, 2.05) is 0 Å². The van der Waals surface area contributed by atoms with Crippen molar-refractivity contribution in [3.63, 3.8) is 0 Å². The average Bonchev–Trinajstić information content (AvgIpc) is 2.38. The molecule has 1 aromatic heterocycles. The first-order chi connectivity index (χ1) is 9.36. The summed E-state index contributed by atoms with van der Waals surface area (Å²) in [5.74, 6) is 0. The van der Waals surface area contributed by atoms with E-state index in [0.29, 0.717) is 10.6 Å². The third-order valence-corrected chi connectivity index (χ3v) is 4.47. The highest BCUT2D eigenvalue weighted by molar-refractivity contribution is 8.13. The molecule has 0 N–H and O–H groups in total. The molecule has 1 heterocycles. The van der Waals surface area contributed by atoms with Crippen LogP contribution in [0.4, 0.5) is 0 Å². The highest BCUT2D eigenvalue weighted by atomic mass is 35.7. The van der Waals surface area contributed by atoms with E-state index in [0.717, 1.165) is 0 Å². The molecular formula is C13H6Cl2O4S. The molecule has 0 aliphatic carbocycles. The number of benzene rings is 2. The number of halogens is 2. The van der Waals surface area contributed by atoms with Crippen molar-refractivity contribution < 1.29 is 12.8 Å². The molecule has 0 aliphatic rings. The maximum absolute atomic E-state index is 12.4. The Bertz CT molecular complexity index is 1010. The van der Waals surface area contributed by atoms with Crippen LogP contribution in [0.5, 0.6) is 0 Å². The third-order valence-electron chi connectivity index (χ3n) is 2.88. The van der Waals surface area contributed by atoms with E-state index in [2.05, 4.69) is 0 Å². The molecule has 0 unspecified atom stereocenters. The predicted octanol–water partition coefficient (Wildman–Crippen LogP) is 3.53. The fourth-order valence-electron chi connectivity index (χ4n) is 1.96. The summed E-state index contributed by atoms with van der Waals surface area (Å²) in [6, 6.07) is 8.56. The Labute approximate surface area is 122 Å². The molecule has 20 heavy (non-hydrogen) atoms. The van der Waals surface area contributed by atoms with Crippen LogP contribution in [-0.2, 0) is 9.05 Å². The molecule has 2 aromatic carbocycles. The summed E-state index contributed by atoms with van der Waals surface area (Å²) in [5, 5.41) is 0.820. The molecule has 0 amide bonds. The standard InChI is InChI=1S/C13H6Cl2O4S/c14-7-1-3-11-9(5-7)13(16)10-6-8(20(15,17)18)2-4-12(10)19-11/h1-6H. The minimum Gasteiger partial charge on any atom is -0.456 e. The van der Waals surface area contributed by atoms with Crippen molar-refractivity contribution in [2.75, 3.05) is 0 Å². The van der Waals surface area contributed by atoms with Crippen molar-refractivity contribution in [3.8, 4) is 0 Å². The van der Waals surface area contributed by atoms with E-state index in [9.17, 15) is 13.2 Å². The maximum atomic E-state index is 12.4. The Balaban J connectivity index is 2.49. The largest absolute Gasteiger partial charge is 0.456 e. The van der Waals surface area contributed by atoms with Crippen LogP contribution in [0, 0.1) is 0 Å². The van der Waals surface area contributed by atoms with Gasteiger partial charge in [0.15, 0.2) is 0 Å². The minimum atomic E-state index is -3.91. The second-order valence-electron chi connectivity index (χ2n) is 4.17. The lowest BCUT2D eigenvalue weighted by Gasteiger charge is -2.03. The van der Waals surface area contributed by atoms with Crippen molar-refractivity contribution in [3.05, 3.63) is 51.6 Å². The molecule has 102 valence electrons. The molecule has 0 spiro atoms. The van der Waals surface area contributed by atoms with E-state index in [-0.39, 0.29) is 26.7 Å². The molecular weight excluding hydrogens is 323 g/mol. The van der Waals surface area contributed by atoms with E-state index >= 15 is 0 Å². The summed E-state index contributed by atoms with van der Waals surface area (Å²) in [6.45, 7) is 0. The Hall–Kier alpha value is -1.56.